The summed E-state index contributed by atoms with van der Waals surface area (Å²) in [5.74, 6) is 3.44. The van der Waals surface area contributed by atoms with Crippen LogP contribution >= 0.6 is 0 Å². The summed E-state index contributed by atoms with van der Waals surface area (Å²) in [6.45, 7) is 0. The Balaban J connectivity index is 1.04. The Kier molecular flexibility index (Phi) is 6.13. The van der Waals surface area contributed by atoms with Crippen LogP contribution in [-0.2, 0) is 5.41 Å². The van der Waals surface area contributed by atoms with E-state index < -0.39 is 0 Å². The molecule has 0 saturated heterocycles. The van der Waals surface area contributed by atoms with E-state index in [1.165, 1.54) is 115 Å². The summed E-state index contributed by atoms with van der Waals surface area (Å²) in [6, 6.07) is 62.3. The molecular formula is C54H41N. The van der Waals surface area contributed by atoms with Crippen LogP contribution in [0.15, 0.2) is 164 Å². The fourth-order valence-electron chi connectivity index (χ4n) is 13.0. The van der Waals surface area contributed by atoms with Crippen LogP contribution in [0, 0.1) is 23.7 Å². The van der Waals surface area contributed by atoms with E-state index in [2.05, 4.69) is 168 Å². The molecule has 4 fully saturated rings. The smallest absolute Gasteiger partial charge is 0.0541 e. The molecule has 4 bridgehead atoms. The monoisotopic (exact) mass is 703 g/mol. The molecule has 0 unspecified atom stereocenters. The summed E-state index contributed by atoms with van der Waals surface area (Å²) >= 11 is 0. The van der Waals surface area contributed by atoms with Gasteiger partial charge in [-0.2, -0.15) is 0 Å². The van der Waals surface area contributed by atoms with Gasteiger partial charge in [0.2, 0.25) is 0 Å². The van der Waals surface area contributed by atoms with E-state index in [0.717, 1.165) is 23.7 Å². The molecular weight excluding hydrogens is 663 g/mol. The highest BCUT2D eigenvalue weighted by atomic mass is 15.0. The molecule has 1 heterocycles. The summed E-state index contributed by atoms with van der Waals surface area (Å²) < 4.78 is 2.41. The van der Waals surface area contributed by atoms with Crippen molar-refractivity contribution in [3.8, 4) is 39.1 Å². The Morgan fingerprint density at radius 3 is 1.56 bits per heavy atom. The minimum atomic E-state index is 0.189. The van der Waals surface area contributed by atoms with Gasteiger partial charge in [-0.1, -0.05) is 127 Å². The van der Waals surface area contributed by atoms with Gasteiger partial charge in [0.05, 0.1) is 11.0 Å². The molecule has 9 aromatic rings. The maximum absolute atomic E-state index is 2.59. The molecule has 14 rings (SSSR count). The normalized spacial score (nSPS) is 23.3. The average molecular weight is 704 g/mol. The molecule has 1 aromatic heterocycles. The quantitative estimate of drug-likeness (QED) is 0.161. The first-order valence-electron chi connectivity index (χ1n) is 20.5. The molecule has 1 heteroatoms. The molecule has 0 atom stereocenters. The Hall–Kier alpha value is -5.92. The summed E-state index contributed by atoms with van der Waals surface area (Å²) in [4.78, 5) is 0. The van der Waals surface area contributed by atoms with Gasteiger partial charge >= 0.3 is 0 Å². The van der Waals surface area contributed by atoms with Crippen LogP contribution in [0.1, 0.15) is 43.2 Å². The Morgan fingerprint density at radius 1 is 0.382 bits per heavy atom. The lowest BCUT2D eigenvalue weighted by Crippen LogP contribution is -2.55. The van der Waals surface area contributed by atoms with Crippen LogP contribution in [0.4, 0.5) is 0 Å². The molecule has 0 amide bonds. The highest BCUT2D eigenvalue weighted by Crippen LogP contribution is 2.69. The predicted octanol–water partition coefficient (Wildman–Crippen LogP) is 14.1. The summed E-state index contributed by atoms with van der Waals surface area (Å²) in [6.07, 6.45) is 7.14. The van der Waals surface area contributed by atoms with Crippen LogP contribution in [0.2, 0.25) is 0 Å². The number of aromatic nitrogens is 1. The van der Waals surface area contributed by atoms with Crippen molar-refractivity contribution in [1.82, 2.24) is 4.57 Å². The van der Waals surface area contributed by atoms with E-state index in [0.29, 0.717) is 0 Å². The summed E-state index contributed by atoms with van der Waals surface area (Å²) in [7, 11) is 0. The molecule has 1 spiro atoms. The van der Waals surface area contributed by atoms with Crippen molar-refractivity contribution in [2.75, 3.05) is 0 Å². The molecule has 5 aliphatic carbocycles. The second kappa shape index (κ2) is 11.1. The fourth-order valence-corrected chi connectivity index (χ4v) is 13.0. The van der Waals surface area contributed by atoms with Gasteiger partial charge in [-0.05, 0) is 158 Å². The van der Waals surface area contributed by atoms with Crippen LogP contribution in [-0.4, -0.2) is 4.57 Å². The van der Waals surface area contributed by atoms with Crippen molar-refractivity contribution in [1.29, 1.82) is 0 Å². The highest BCUT2D eigenvalue weighted by molar-refractivity contribution is 6.22. The minimum absolute atomic E-state index is 0.189. The lowest BCUT2D eigenvalue weighted by atomic mass is 9.43. The van der Waals surface area contributed by atoms with E-state index in [-0.39, 0.29) is 5.41 Å². The van der Waals surface area contributed by atoms with Gasteiger partial charge in [0.25, 0.3) is 0 Å². The number of rotatable bonds is 3. The third-order valence-corrected chi connectivity index (χ3v) is 14.7. The molecule has 0 radical (unpaired) electrons. The summed E-state index contributed by atoms with van der Waals surface area (Å²) in [5, 5.41) is 7.81. The van der Waals surface area contributed by atoms with E-state index in [1.807, 2.05) is 0 Å². The van der Waals surface area contributed by atoms with Crippen molar-refractivity contribution < 1.29 is 0 Å². The number of fused-ring (bicyclic) bond motifs is 8. The van der Waals surface area contributed by atoms with Crippen molar-refractivity contribution in [2.45, 2.75) is 37.5 Å². The molecule has 262 valence electrons. The maximum Gasteiger partial charge on any atom is 0.0541 e. The van der Waals surface area contributed by atoms with Crippen LogP contribution in [0.3, 0.4) is 0 Å². The zero-order chi connectivity index (χ0) is 35.8. The number of hydrogen-bond acceptors (Lipinski definition) is 0. The fraction of sp³-hybridized carbons (Fsp3) is 0.185. The largest absolute Gasteiger partial charge is 0.309 e. The van der Waals surface area contributed by atoms with E-state index >= 15 is 0 Å². The van der Waals surface area contributed by atoms with Gasteiger partial charge in [-0.25, -0.2) is 0 Å². The molecule has 0 aliphatic heterocycles. The first-order chi connectivity index (χ1) is 27.3. The minimum Gasteiger partial charge on any atom is -0.309 e. The third kappa shape index (κ3) is 3.98. The predicted molar refractivity (Wildman–Crippen MR) is 230 cm³/mol. The van der Waals surface area contributed by atoms with Crippen LogP contribution in [0.5, 0.6) is 0 Å². The van der Waals surface area contributed by atoms with Crippen molar-refractivity contribution >= 4 is 43.4 Å². The number of para-hydroxylation sites is 2. The molecule has 1 nitrogen and oxygen atoms in total. The van der Waals surface area contributed by atoms with E-state index in [1.54, 1.807) is 11.1 Å². The van der Waals surface area contributed by atoms with E-state index in [4.69, 9.17) is 0 Å². The van der Waals surface area contributed by atoms with Crippen molar-refractivity contribution in [2.24, 2.45) is 23.7 Å². The van der Waals surface area contributed by atoms with Crippen LogP contribution < -0.4 is 0 Å². The second-order valence-electron chi connectivity index (χ2n) is 17.2. The second-order valence-corrected chi connectivity index (χ2v) is 17.2. The molecule has 8 aromatic carbocycles. The van der Waals surface area contributed by atoms with Gasteiger partial charge in [0.1, 0.15) is 0 Å². The zero-order valence-corrected chi connectivity index (χ0v) is 30.9. The van der Waals surface area contributed by atoms with Gasteiger partial charge in [0, 0.05) is 21.9 Å². The van der Waals surface area contributed by atoms with Gasteiger partial charge in [-0.15, -0.1) is 0 Å². The zero-order valence-electron chi connectivity index (χ0n) is 30.9. The lowest BCUT2D eigenvalue weighted by Gasteiger charge is -2.61. The van der Waals surface area contributed by atoms with Gasteiger partial charge in [0.15, 0.2) is 0 Å². The average Bonchev–Trinajstić information content (AvgIpc) is 3.72. The van der Waals surface area contributed by atoms with E-state index in [9.17, 15) is 0 Å². The Bertz CT molecular complexity index is 2970. The van der Waals surface area contributed by atoms with Gasteiger partial charge in [-0.3, -0.25) is 0 Å². The van der Waals surface area contributed by atoms with Crippen molar-refractivity contribution in [3.05, 3.63) is 175 Å². The third-order valence-electron chi connectivity index (χ3n) is 14.7. The molecule has 55 heavy (non-hydrogen) atoms. The van der Waals surface area contributed by atoms with Crippen molar-refractivity contribution in [3.63, 3.8) is 0 Å². The maximum atomic E-state index is 2.59. The number of benzene rings is 8. The molecule has 0 N–H and O–H groups in total. The topological polar surface area (TPSA) is 4.93 Å². The highest BCUT2D eigenvalue weighted by Gasteiger charge is 2.61. The SMILES string of the molecule is c1ccc(-n2c3ccccc3c3cc(-c4c5ccccc5c(-c5ccc6c(c5)-c5ccccc5C65C6CC7CC(C6)CC5C7)c5ccccc45)ccc32)cc1. The summed E-state index contributed by atoms with van der Waals surface area (Å²) in [5.41, 5.74) is 15.3. The van der Waals surface area contributed by atoms with Crippen LogP contribution in [0.25, 0.3) is 82.4 Å². The number of nitrogens with zero attached hydrogens (tertiary/aromatic N) is 1. The first kappa shape index (κ1) is 30.4. The standard InChI is InChI=1S/C54H41N/c1-2-12-39(13-3-1)55-50-21-11-9-15-41(50)47-32-36(23-25-51(47)55)53-44-18-6-4-16-42(44)52(43-17-5-7-19-45(43)53)35-22-24-49-46(31-35)40-14-8-10-20-48(40)54(49)37-27-33-26-34(29-37)30-38(54)28-33/h1-25,31-34,37-38H,26-30H2. The first-order valence-corrected chi connectivity index (χ1v) is 20.5. The Labute approximate surface area is 321 Å². The lowest BCUT2D eigenvalue weighted by molar-refractivity contribution is -0.0399. The Morgan fingerprint density at radius 2 is 0.891 bits per heavy atom. The molecule has 4 saturated carbocycles. The molecule has 5 aliphatic rings. The number of hydrogen-bond donors (Lipinski definition) is 0. The van der Waals surface area contributed by atoms with Gasteiger partial charge < -0.3 is 4.57 Å².